The number of rotatable bonds is 7. The molecule has 2 aromatic rings. The lowest BCUT2D eigenvalue weighted by atomic mass is 9.94. The molecule has 180 valence electrons. The van der Waals surface area contributed by atoms with Gasteiger partial charge >= 0.3 is 6.18 Å². The fourth-order valence-electron chi connectivity index (χ4n) is 4.49. The molecule has 6 nitrogen and oxygen atoms in total. The summed E-state index contributed by atoms with van der Waals surface area (Å²) in [6.07, 6.45) is 0.0291. The lowest BCUT2D eigenvalue weighted by molar-refractivity contribution is -0.137. The molecule has 33 heavy (non-hydrogen) atoms. The van der Waals surface area contributed by atoms with E-state index in [1.807, 2.05) is 10.8 Å². The first-order valence-electron chi connectivity index (χ1n) is 11.3. The van der Waals surface area contributed by atoms with E-state index < -0.39 is 11.7 Å². The van der Waals surface area contributed by atoms with Gasteiger partial charge in [0.05, 0.1) is 11.3 Å². The van der Waals surface area contributed by atoms with Crippen molar-refractivity contribution in [3.05, 3.63) is 53.1 Å². The average molecular weight is 463 g/mol. The Kier molecular flexibility index (Phi) is 7.84. The number of allylic oxidation sites excluding steroid dienone is 1. The number of hydrogen-bond acceptors (Lipinski definition) is 4. The van der Waals surface area contributed by atoms with Crippen LogP contribution >= 0.6 is 0 Å². The number of imidazole rings is 1. The highest BCUT2D eigenvalue weighted by molar-refractivity contribution is 5.97. The van der Waals surface area contributed by atoms with Gasteiger partial charge < -0.3 is 20.9 Å². The lowest BCUT2D eigenvalue weighted by Gasteiger charge is -2.35. The van der Waals surface area contributed by atoms with Gasteiger partial charge in [-0.25, -0.2) is 4.98 Å². The summed E-state index contributed by atoms with van der Waals surface area (Å²) in [5.74, 6) is 1.67. The van der Waals surface area contributed by atoms with Crippen molar-refractivity contribution in [3.8, 4) is 11.3 Å². The molecule has 0 unspecified atom stereocenters. The molecule has 1 saturated heterocycles. The van der Waals surface area contributed by atoms with Crippen molar-refractivity contribution < 1.29 is 13.2 Å². The molecular formula is C24H33F3N6. The maximum atomic E-state index is 13.2. The number of aromatic nitrogens is 2. The van der Waals surface area contributed by atoms with Crippen molar-refractivity contribution in [1.29, 1.82) is 0 Å². The minimum atomic E-state index is -4.39. The summed E-state index contributed by atoms with van der Waals surface area (Å²) in [5.41, 5.74) is 14.4. The summed E-state index contributed by atoms with van der Waals surface area (Å²) in [7, 11) is 1.70. The van der Waals surface area contributed by atoms with Gasteiger partial charge in [0.15, 0.2) is 0 Å². The van der Waals surface area contributed by atoms with Gasteiger partial charge in [-0.3, -0.25) is 4.99 Å². The zero-order valence-corrected chi connectivity index (χ0v) is 19.5. The maximum Gasteiger partial charge on any atom is 0.416 e. The maximum absolute atomic E-state index is 13.2. The van der Waals surface area contributed by atoms with Crippen LogP contribution in [0.3, 0.4) is 0 Å². The largest absolute Gasteiger partial charge is 0.416 e. The first kappa shape index (κ1) is 24.8. The zero-order valence-electron chi connectivity index (χ0n) is 19.5. The second kappa shape index (κ2) is 10.4. The fraction of sp³-hybridized carbons (Fsp3) is 0.500. The van der Waals surface area contributed by atoms with Gasteiger partial charge in [-0.2, -0.15) is 13.2 Å². The van der Waals surface area contributed by atoms with Crippen LogP contribution in [-0.4, -0.2) is 47.0 Å². The minimum Gasteiger partial charge on any atom is -0.384 e. The molecule has 1 aromatic carbocycles. The molecule has 0 spiro atoms. The Labute approximate surface area is 193 Å². The summed E-state index contributed by atoms with van der Waals surface area (Å²) in [5, 5.41) is 0. The van der Waals surface area contributed by atoms with Crippen LogP contribution in [0.15, 0.2) is 46.7 Å². The molecule has 0 radical (unpaired) electrons. The summed E-state index contributed by atoms with van der Waals surface area (Å²) in [4.78, 5) is 11.2. The Balaban J connectivity index is 1.84. The number of alkyl halides is 3. The molecule has 0 bridgehead atoms. The van der Waals surface area contributed by atoms with Crippen LogP contribution in [-0.2, 0) is 12.7 Å². The van der Waals surface area contributed by atoms with E-state index in [2.05, 4.69) is 23.7 Å². The molecule has 1 fully saturated rings. The van der Waals surface area contributed by atoms with Crippen molar-refractivity contribution in [3.63, 3.8) is 0 Å². The average Bonchev–Trinajstić information content (AvgIpc) is 3.23. The van der Waals surface area contributed by atoms with E-state index >= 15 is 0 Å². The van der Waals surface area contributed by atoms with E-state index in [1.165, 1.54) is 6.07 Å². The third-order valence-corrected chi connectivity index (χ3v) is 6.34. The Hall–Kier alpha value is -2.81. The molecule has 2 heterocycles. The van der Waals surface area contributed by atoms with Gasteiger partial charge in [-0.05, 0) is 38.3 Å². The second-order valence-electron chi connectivity index (χ2n) is 8.33. The van der Waals surface area contributed by atoms with Gasteiger partial charge in [0.1, 0.15) is 11.7 Å². The summed E-state index contributed by atoms with van der Waals surface area (Å²) in [6, 6.07) is 5.32. The number of likely N-dealkylation sites (tertiary alicyclic amines) is 1. The van der Waals surface area contributed by atoms with E-state index in [0.717, 1.165) is 61.6 Å². The third kappa shape index (κ3) is 5.58. The van der Waals surface area contributed by atoms with Crippen LogP contribution in [0.25, 0.3) is 11.3 Å². The second-order valence-corrected chi connectivity index (χ2v) is 8.33. The Morgan fingerprint density at radius 2 is 1.94 bits per heavy atom. The number of piperidine rings is 1. The van der Waals surface area contributed by atoms with Crippen LogP contribution < -0.4 is 11.5 Å². The van der Waals surface area contributed by atoms with E-state index in [9.17, 15) is 13.2 Å². The molecule has 0 atom stereocenters. The van der Waals surface area contributed by atoms with E-state index in [-0.39, 0.29) is 5.92 Å². The smallest absolute Gasteiger partial charge is 0.384 e. The summed E-state index contributed by atoms with van der Waals surface area (Å²) < 4.78 is 41.5. The van der Waals surface area contributed by atoms with Crippen LogP contribution in [0.5, 0.6) is 0 Å². The van der Waals surface area contributed by atoms with Crippen LogP contribution in [0.2, 0.25) is 0 Å². The van der Waals surface area contributed by atoms with Crippen molar-refractivity contribution in [1.82, 2.24) is 14.5 Å². The van der Waals surface area contributed by atoms with E-state index in [4.69, 9.17) is 16.5 Å². The summed E-state index contributed by atoms with van der Waals surface area (Å²) >= 11 is 0. The highest BCUT2D eigenvalue weighted by atomic mass is 19.4. The fourth-order valence-corrected chi connectivity index (χ4v) is 4.49. The van der Waals surface area contributed by atoms with Gasteiger partial charge in [0.2, 0.25) is 0 Å². The molecule has 1 aliphatic heterocycles. The number of halogens is 3. The molecule has 1 aromatic heterocycles. The van der Waals surface area contributed by atoms with Gasteiger partial charge in [-0.1, -0.05) is 19.1 Å². The van der Waals surface area contributed by atoms with Gasteiger partial charge in [0, 0.05) is 62.2 Å². The molecule has 1 aliphatic rings. The van der Waals surface area contributed by atoms with Crippen LogP contribution in [0, 0.1) is 0 Å². The molecule has 0 amide bonds. The molecular weight excluding hydrogens is 429 g/mol. The third-order valence-electron chi connectivity index (χ3n) is 6.34. The summed E-state index contributed by atoms with van der Waals surface area (Å²) in [6.45, 7) is 6.86. The quantitative estimate of drug-likeness (QED) is 0.472. The molecule has 0 aliphatic carbocycles. The van der Waals surface area contributed by atoms with Crippen LogP contribution in [0.1, 0.15) is 50.4 Å². The number of nitrogens with two attached hydrogens (primary N) is 2. The van der Waals surface area contributed by atoms with Crippen molar-refractivity contribution in [2.24, 2.45) is 16.5 Å². The molecule has 4 N–H and O–H groups in total. The normalized spacial score (nSPS) is 16.8. The standard InChI is InChI=1S/C24H33F3N6/c1-4-20(22(29)30-3)16(2)32-11-8-17(9-12-32)23-31-21(15-33(23)13-10-28)18-6-5-7-19(14-18)24(25,26)27/h5-7,14-15,17H,4,8-13,28H2,1-3H3,(H2,29,30)/b20-16+. The van der Waals surface area contributed by atoms with Crippen molar-refractivity contribution in [2.75, 3.05) is 26.7 Å². The highest BCUT2D eigenvalue weighted by Gasteiger charge is 2.31. The Bertz CT molecular complexity index is 1010. The predicted octanol–water partition coefficient (Wildman–Crippen LogP) is 4.38. The SMILES string of the molecule is CC/C(C(N)=NC)=C(/C)N1CCC(c2nc(-c3cccc(C(F)(F)F)c3)cn2CCN)CC1. The molecule has 3 rings (SSSR count). The number of amidine groups is 1. The Morgan fingerprint density at radius 1 is 1.24 bits per heavy atom. The van der Waals surface area contributed by atoms with Crippen LogP contribution in [0.4, 0.5) is 13.2 Å². The lowest BCUT2D eigenvalue weighted by Crippen LogP contribution is -2.34. The monoisotopic (exact) mass is 462 g/mol. The van der Waals surface area contributed by atoms with Gasteiger partial charge in [-0.15, -0.1) is 0 Å². The number of nitrogens with zero attached hydrogens (tertiary/aromatic N) is 4. The van der Waals surface area contributed by atoms with E-state index in [0.29, 0.717) is 30.2 Å². The first-order chi connectivity index (χ1) is 15.7. The Morgan fingerprint density at radius 3 is 2.52 bits per heavy atom. The van der Waals surface area contributed by atoms with Crippen molar-refractivity contribution in [2.45, 2.75) is 51.7 Å². The predicted molar refractivity (Wildman–Crippen MR) is 126 cm³/mol. The zero-order chi connectivity index (χ0) is 24.2. The first-order valence-corrected chi connectivity index (χ1v) is 11.3. The topological polar surface area (TPSA) is 85.5 Å². The number of benzene rings is 1. The molecule has 9 heteroatoms. The number of aliphatic imine (C=N–C) groups is 1. The minimum absolute atomic E-state index is 0.211. The number of hydrogen-bond donors (Lipinski definition) is 2. The highest BCUT2D eigenvalue weighted by Crippen LogP contribution is 2.34. The van der Waals surface area contributed by atoms with Crippen molar-refractivity contribution >= 4 is 5.84 Å². The van der Waals surface area contributed by atoms with E-state index in [1.54, 1.807) is 13.1 Å². The van der Waals surface area contributed by atoms with Gasteiger partial charge in [0.25, 0.3) is 0 Å². The molecule has 0 saturated carbocycles.